The molecule has 9 aromatic rings. The van der Waals surface area contributed by atoms with E-state index in [1.807, 2.05) is 17.4 Å². The van der Waals surface area contributed by atoms with Gasteiger partial charge < -0.3 is 0 Å². The van der Waals surface area contributed by atoms with Crippen molar-refractivity contribution in [2.45, 2.75) is 12.3 Å². The van der Waals surface area contributed by atoms with Gasteiger partial charge in [-0.2, -0.15) is 0 Å². The molecule has 1 aliphatic carbocycles. The maximum atomic E-state index is 5.27. The first-order valence-electron chi connectivity index (χ1n) is 17.4. The molecule has 51 heavy (non-hydrogen) atoms. The maximum Gasteiger partial charge on any atom is 0.160 e. The number of benzene rings is 7. The van der Waals surface area contributed by atoms with Crippen molar-refractivity contribution >= 4 is 31.5 Å². The highest BCUT2D eigenvalue weighted by Gasteiger charge is 2.40. The molecule has 0 amide bonds. The predicted octanol–water partition coefficient (Wildman–Crippen LogP) is 12.8. The molecule has 0 atom stereocenters. The Balaban J connectivity index is 1.17. The van der Waals surface area contributed by atoms with E-state index in [4.69, 9.17) is 9.97 Å². The summed E-state index contributed by atoms with van der Waals surface area (Å²) in [5, 5.41) is 2.59. The van der Waals surface area contributed by atoms with Gasteiger partial charge in [0.05, 0.1) is 11.4 Å². The minimum Gasteiger partial charge on any atom is -0.228 e. The van der Waals surface area contributed by atoms with E-state index < -0.39 is 0 Å². The van der Waals surface area contributed by atoms with Gasteiger partial charge in [-0.3, -0.25) is 0 Å². The van der Waals surface area contributed by atoms with Gasteiger partial charge >= 0.3 is 0 Å². The minimum atomic E-state index is -0.295. The lowest BCUT2D eigenvalue weighted by Gasteiger charge is -2.28. The first kappa shape index (κ1) is 29.7. The molecule has 0 N–H and O–H groups in total. The normalized spacial score (nSPS) is 13.0. The molecule has 10 rings (SSSR count). The van der Waals surface area contributed by atoms with Crippen molar-refractivity contribution in [2.75, 3.05) is 0 Å². The Labute approximate surface area is 301 Å². The summed E-state index contributed by atoms with van der Waals surface area (Å²) in [6, 6.07) is 63.2. The van der Waals surface area contributed by atoms with E-state index in [0.29, 0.717) is 5.82 Å². The van der Waals surface area contributed by atoms with E-state index in [-0.39, 0.29) is 5.41 Å². The van der Waals surface area contributed by atoms with Gasteiger partial charge in [0.2, 0.25) is 0 Å². The number of nitrogens with zero attached hydrogens (tertiary/aromatic N) is 2. The van der Waals surface area contributed by atoms with Crippen LogP contribution in [0.2, 0.25) is 0 Å². The average Bonchev–Trinajstić information content (AvgIpc) is 3.72. The fourth-order valence-corrected chi connectivity index (χ4v) is 9.33. The second-order valence-electron chi connectivity index (χ2n) is 13.5. The zero-order valence-electron chi connectivity index (χ0n) is 28.0. The summed E-state index contributed by atoms with van der Waals surface area (Å²) in [5.74, 6) is 0.714. The molecule has 0 aliphatic heterocycles. The Morgan fingerprint density at radius 2 is 1.00 bits per heavy atom. The molecule has 0 unspecified atom stereocenters. The van der Waals surface area contributed by atoms with Crippen LogP contribution in [0.15, 0.2) is 176 Å². The Hall–Kier alpha value is -6.16. The van der Waals surface area contributed by atoms with Crippen molar-refractivity contribution < 1.29 is 0 Å². The highest BCUT2D eigenvalue weighted by molar-refractivity contribution is 7.26. The molecule has 0 saturated carbocycles. The van der Waals surface area contributed by atoms with Crippen LogP contribution in [0.3, 0.4) is 0 Å². The fraction of sp³-hybridized carbons (Fsp3) is 0.0417. The molecule has 2 heterocycles. The number of fused-ring (bicyclic) bond motifs is 6. The molecule has 0 radical (unpaired) electrons. The van der Waals surface area contributed by atoms with E-state index in [0.717, 1.165) is 28.1 Å². The summed E-state index contributed by atoms with van der Waals surface area (Å²) in [4.78, 5) is 10.5. The molecule has 3 heteroatoms. The van der Waals surface area contributed by atoms with Crippen LogP contribution in [0.25, 0.3) is 76.3 Å². The van der Waals surface area contributed by atoms with Crippen molar-refractivity contribution in [3.63, 3.8) is 0 Å². The minimum absolute atomic E-state index is 0.295. The maximum absolute atomic E-state index is 5.27. The molecule has 1 aliphatic rings. The van der Waals surface area contributed by atoms with E-state index >= 15 is 0 Å². The van der Waals surface area contributed by atoms with Crippen molar-refractivity contribution in [1.29, 1.82) is 0 Å². The zero-order valence-corrected chi connectivity index (χ0v) is 28.9. The average molecular weight is 669 g/mol. The highest BCUT2D eigenvalue weighted by Crippen LogP contribution is 2.52. The second kappa shape index (κ2) is 11.7. The van der Waals surface area contributed by atoms with Gasteiger partial charge in [-0.15, -0.1) is 11.3 Å². The standard InChI is InChI=1S/C48H32N2S/c1-48(41-26-10-7-20-35(41)36-21-8-11-27-42(36)48)33-18-13-17-32(29-33)43-30-44(50-47(49-43)31-15-3-2-4-16-31)37-22-6-5-19-34(37)39-24-14-25-40-38-23-9-12-28-45(38)51-46(39)40/h2-30H,1H3. The Bertz CT molecular complexity index is 2730. The van der Waals surface area contributed by atoms with Crippen LogP contribution in [-0.4, -0.2) is 9.97 Å². The lowest BCUT2D eigenvalue weighted by atomic mass is 9.74. The molecular weight excluding hydrogens is 637 g/mol. The van der Waals surface area contributed by atoms with Crippen LogP contribution < -0.4 is 0 Å². The van der Waals surface area contributed by atoms with E-state index in [9.17, 15) is 0 Å². The smallest absolute Gasteiger partial charge is 0.160 e. The molecule has 7 aromatic carbocycles. The Morgan fingerprint density at radius 3 is 1.78 bits per heavy atom. The predicted molar refractivity (Wildman–Crippen MR) is 214 cm³/mol. The summed E-state index contributed by atoms with van der Waals surface area (Å²) in [5.41, 5.74) is 13.6. The second-order valence-corrected chi connectivity index (χ2v) is 14.5. The van der Waals surface area contributed by atoms with E-state index in [2.05, 4.69) is 177 Å². The van der Waals surface area contributed by atoms with Gasteiger partial charge in [-0.1, -0.05) is 158 Å². The van der Waals surface area contributed by atoms with Crippen LogP contribution >= 0.6 is 11.3 Å². The number of aromatic nitrogens is 2. The molecular formula is C48H32N2S. The van der Waals surface area contributed by atoms with E-state index in [1.54, 1.807) is 0 Å². The largest absolute Gasteiger partial charge is 0.228 e. The SMILES string of the molecule is CC1(c2cccc(-c3cc(-c4ccccc4-c4cccc5c4sc4ccccc45)nc(-c4ccccc4)n3)c2)c2ccccc2-c2ccccc21. The van der Waals surface area contributed by atoms with Gasteiger partial charge in [0.25, 0.3) is 0 Å². The van der Waals surface area contributed by atoms with Crippen LogP contribution in [0.5, 0.6) is 0 Å². The van der Waals surface area contributed by atoms with E-state index in [1.165, 1.54) is 59.1 Å². The molecule has 0 bridgehead atoms. The van der Waals surface area contributed by atoms with Gasteiger partial charge in [0.15, 0.2) is 5.82 Å². The van der Waals surface area contributed by atoms with Crippen molar-refractivity contribution in [1.82, 2.24) is 9.97 Å². The Morgan fingerprint density at radius 1 is 0.431 bits per heavy atom. The first-order chi connectivity index (χ1) is 25.2. The number of hydrogen-bond donors (Lipinski definition) is 0. The summed E-state index contributed by atoms with van der Waals surface area (Å²) >= 11 is 1.86. The molecule has 240 valence electrons. The first-order valence-corrected chi connectivity index (χ1v) is 18.2. The van der Waals surface area contributed by atoms with Gasteiger partial charge in [-0.05, 0) is 58.5 Å². The number of hydrogen-bond acceptors (Lipinski definition) is 3. The topological polar surface area (TPSA) is 25.8 Å². The number of thiophene rings is 1. The van der Waals surface area contributed by atoms with Gasteiger partial charge in [0.1, 0.15) is 0 Å². The van der Waals surface area contributed by atoms with Crippen LogP contribution in [0.1, 0.15) is 23.6 Å². The third kappa shape index (κ3) is 4.70. The lowest BCUT2D eigenvalue weighted by molar-refractivity contribution is 0.714. The molecule has 0 spiro atoms. The molecule has 0 saturated heterocycles. The summed E-state index contributed by atoms with van der Waals surface area (Å²) in [6.07, 6.45) is 0. The van der Waals surface area contributed by atoms with Gasteiger partial charge in [-0.25, -0.2) is 9.97 Å². The van der Waals surface area contributed by atoms with Crippen molar-refractivity contribution in [2.24, 2.45) is 0 Å². The summed E-state index contributed by atoms with van der Waals surface area (Å²) in [6.45, 7) is 2.36. The van der Waals surface area contributed by atoms with Crippen LogP contribution in [0.4, 0.5) is 0 Å². The van der Waals surface area contributed by atoms with Crippen molar-refractivity contribution in [3.05, 3.63) is 193 Å². The molecule has 2 nitrogen and oxygen atoms in total. The van der Waals surface area contributed by atoms with Crippen molar-refractivity contribution in [3.8, 4) is 56.2 Å². The third-order valence-corrected chi connectivity index (χ3v) is 11.8. The van der Waals surface area contributed by atoms with Crippen LogP contribution in [-0.2, 0) is 5.41 Å². The summed E-state index contributed by atoms with van der Waals surface area (Å²) in [7, 11) is 0. The monoisotopic (exact) mass is 668 g/mol. The summed E-state index contributed by atoms with van der Waals surface area (Å²) < 4.78 is 2.59. The lowest BCUT2D eigenvalue weighted by Crippen LogP contribution is -2.22. The molecule has 2 aromatic heterocycles. The Kier molecular flexibility index (Phi) is 6.83. The quantitative estimate of drug-likeness (QED) is 0.182. The third-order valence-electron chi connectivity index (χ3n) is 10.6. The zero-order chi connectivity index (χ0) is 33.9. The van der Waals surface area contributed by atoms with Gasteiger partial charge in [0, 0.05) is 47.8 Å². The molecule has 0 fully saturated rings. The fourth-order valence-electron chi connectivity index (χ4n) is 8.10. The highest BCUT2D eigenvalue weighted by atomic mass is 32.1. The van der Waals surface area contributed by atoms with Crippen LogP contribution in [0, 0.1) is 0 Å². The number of rotatable bonds is 5.